The van der Waals surface area contributed by atoms with Crippen molar-refractivity contribution in [2.75, 3.05) is 33.4 Å². The van der Waals surface area contributed by atoms with E-state index < -0.39 is 6.10 Å². The molecule has 5 nitrogen and oxygen atoms in total. The Morgan fingerprint density at radius 3 is 2.38 bits per heavy atom. The number of nitrogens with zero attached hydrogens (tertiary/aromatic N) is 1. The van der Waals surface area contributed by atoms with Gasteiger partial charge in [0.25, 0.3) is 0 Å². The number of rotatable bonds is 11. The molecule has 0 aliphatic heterocycles. The lowest BCUT2D eigenvalue weighted by Gasteiger charge is -2.22. The van der Waals surface area contributed by atoms with Crippen LogP contribution in [0.1, 0.15) is 30.5 Å². The van der Waals surface area contributed by atoms with Crippen molar-refractivity contribution >= 4 is 0 Å². The molecule has 158 valence electrons. The number of hydrogen-bond acceptors (Lipinski definition) is 5. The Bertz CT molecular complexity index is 751. The van der Waals surface area contributed by atoms with E-state index in [1.54, 1.807) is 7.11 Å². The number of aliphatic hydroxyl groups excluding tert-OH is 1. The van der Waals surface area contributed by atoms with Gasteiger partial charge in [-0.05, 0) is 54.8 Å². The molecule has 0 aromatic heterocycles. The third kappa shape index (κ3) is 5.95. The van der Waals surface area contributed by atoms with E-state index in [-0.39, 0.29) is 6.61 Å². The molecule has 0 radical (unpaired) electrons. The van der Waals surface area contributed by atoms with Gasteiger partial charge in [0.1, 0.15) is 12.7 Å². The van der Waals surface area contributed by atoms with Crippen LogP contribution >= 0.6 is 0 Å². The molecule has 5 heteroatoms. The summed E-state index contributed by atoms with van der Waals surface area (Å²) in [5.74, 6) is 1.37. The van der Waals surface area contributed by atoms with Crippen LogP contribution < -0.4 is 14.8 Å². The zero-order chi connectivity index (χ0) is 20.6. The minimum atomic E-state index is -0.529. The van der Waals surface area contributed by atoms with Gasteiger partial charge in [-0.1, -0.05) is 44.2 Å². The molecule has 3 rings (SSSR count). The SMILES string of the molecule is CCN(CC)CC(O)COc1cc(CNC2Cc3ccccc3C2)ccc1OC. The molecule has 0 saturated heterocycles. The summed E-state index contributed by atoms with van der Waals surface area (Å²) in [6, 6.07) is 15.2. The minimum absolute atomic E-state index is 0.252. The normalized spacial score (nSPS) is 14.8. The van der Waals surface area contributed by atoms with Gasteiger partial charge in [-0.15, -0.1) is 0 Å². The summed E-state index contributed by atoms with van der Waals surface area (Å²) < 4.78 is 11.4. The maximum Gasteiger partial charge on any atom is 0.161 e. The standard InChI is InChI=1S/C24H34N2O3/c1-4-26(5-2)16-22(27)17-29-24-12-18(10-11-23(24)28-3)15-25-21-13-19-8-6-7-9-20(19)14-21/h6-12,21-22,25,27H,4-5,13-17H2,1-3H3. The second-order valence-corrected chi connectivity index (χ2v) is 7.69. The Morgan fingerprint density at radius 2 is 1.76 bits per heavy atom. The number of likely N-dealkylation sites (N-methyl/N-ethyl adjacent to an activating group) is 1. The number of methoxy groups -OCH3 is 1. The lowest BCUT2D eigenvalue weighted by molar-refractivity contribution is 0.0705. The fourth-order valence-corrected chi connectivity index (χ4v) is 3.93. The molecular formula is C24H34N2O3. The Balaban J connectivity index is 1.54. The monoisotopic (exact) mass is 398 g/mol. The van der Waals surface area contributed by atoms with Crippen molar-refractivity contribution in [3.8, 4) is 11.5 Å². The summed E-state index contributed by atoms with van der Waals surface area (Å²) in [5, 5.41) is 14.0. The molecule has 29 heavy (non-hydrogen) atoms. The highest BCUT2D eigenvalue weighted by molar-refractivity contribution is 5.43. The van der Waals surface area contributed by atoms with Crippen LogP contribution in [0.2, 0.25) is 0 Å². The van der Waals surface area contributed by atoms with E-state index in [0.29, 0.717) is 24.1 Å². The zero-order valence-corrected chi connectivity index (χ0v) is 17.9. The van der Waals surface area contributed by atoms with E-state index in [1.807, 2.05) is 12.1 Å². The number of aliphatic hydroxyl groups is 1. The summed E-state index contributed by atoms with van der Waals surface area (Å²) in [4.78, 5) is 2.19. The van der Waals surface area contributed by atoms with Crippen LogP contribution in [0, 0.1) is 0 Å². The van der Waals surface area contributed by atoms with Gasteiger partial charge in [-0.2, -0.15) is 0 Å². The summed E-state index contributed by atoms with van der Waals surface area (Å²) in [6.45, 7) is 7.67. The summed E-state index contributed by atoms with van der Waals surface area (Å²) in [6.07, 6.45) is 1.62. The quantitative estimate of drug-likeness (QED) is 0.609. The molecule has 0 amide bonds. The van der Waals surface area contributed by atoms with Crippen LogP contribution in [0.25, 0.3) is 0 Å². The zero-order valence-electron chi connectivity index (χ0n) is 17.9. The van der Waals surface area contributed by atoms with Gasteiger partial charge >= 0.3 is 0 Å². The molecule has 0 bridgehead atoms. The van der Waals surface area contributed by atoms with Gasteiger partial charge in [-0.25, -0.2) is 0 Å². The average Bonchev–Trinajstić information content (AvgIpc) is 3.17. The van der Waals surface area contributed by atoms with Crippen molar-refractivity contribution in [2.45, 2.75) is 45.4 Å². The first-order valence-electron chi connectivity index (χ1n) is 10.6. The highest BCUT2D eigenvalue weighted by Gasteiger charge is 2.20. The lowest BCUT2D eigenvalue weighted by atomic mass is 10.1. The molecule has 0 heterocycles. The minimum Gasteiger partial charge on any atom is -0.493 e. The van der Waals surface area contributed by atoms with Crippen LogP contribution in [-0.2, 0) is 19.4 Å². The molecule has 2 N–H and O–H groups in total. The fourth-order valence-electron chi connectivity index (χ4n) is 3.93. The highest BCUT2D eigenvalue weighted by Crippen LogP contribution is 2.29. The van der Waals surface area contributed by atoms with Crippen molar-refractivity contribution in [3.63, 3.8) is 0 Å². The van der Waals surface area contributed by atoms with Crippen molar-refractivity contribution in [1.82, 2.24) is 10.2 Å². The van der Waals surface area contributed by atoms with Crippen molar-refractivity contribution in [1.29, 1.82) is 0 Å². The Hall–Kier alpha value is -2.08. The molecule has 0 saturated carbocycles. The first-order chi connectivity index (χ1) is 14.1. The summed E-state index contributed by atoms with van der Waals surface area (Å²) in [5.41, 5.74) is 4.05. The van der Waals surface area contributed by atoms with Crippen LogP contribution in [0.3, 0.4) is 0 Å². The van der Waals surface area contributed by atoms with Crippen LogP contribution in [0.5, 0.6) is 11.5 Å². The van der Waals surface area contributed by atoms with Gasteiger partial charge in [0.2, 0.25) is 0 Å². The van der Waals surface area contributed by atoms with Gasteiger partial charge in [0.05, 0.1) is 7.11 Å². The van der Waals surface area contributed by atoms with Gasteiger partial charge in [-0.3, -0.25) is 0 Å². The van der Waals surface area contributed by atoms with E-state index >= 15 is 0 Å². The largest absolute Gasteiger partial charge is 0.493 e. The second kappa shape index (κ2) is 10.6. The van der Waals surface area contributed by atoms with Gasteiger partial charge in [0.15, 0.2) is 11.5 Å². The molecule has 1 aliphatic carbocycles. The Morgan fingerprint density at radius 1 is 1.07 bits per heavy atom. The third-order valence-corrected chi connectivity index (χ3v) is 5.67. The van der Waals surface area contributed by atoms with Crippen LogP contribution in [-0.4, -0.2) is 55.5 Å². The summed E-state index contributed by atoms with van der Waals surface area (Å²) in [7, 11) is 1.64. The molecule has 1 unspecified atom stereocenters. The van der Waals surface area contributed by atoms with Crippen molar-refractivity contribution in [2.24, 2.45) is 0 Å². The molecule has 0 spiro atoms. The fraction of sp³-hybridized carbons (Fsp3) is 0.500. The van der Waals surface area contributed by atoms with E-state index in [2.05, 4.69) is 54.4 Å². The second-order valence-electron chi connectivity index (χ2n) is 7.69. The predicted octanol–water partition coefficient (Wildman–Crippen LogP) is 3.03. The molecular weight excluding hydrogens is 364 g/mol. The number of nitrogens with one attached hydrogen (secondary N) is 1. The van der Waals surface area contributed by atoms with E-state index in [0.717, 1.165) is 38.0 Å². The topological polar surface area (TPSA) is 54.0 Å². The maximum atomic E-state index is 10.3. The van der Waals surface area contributed by atoms with E-state index in [4.69, 9.17) is 9.47 Å². The van der Waals surface area contributed by atoms with Crippen molar-refractivity contribution < 1.29 is 14.6 Å². The van der Waals surface area contributed by atoms with Gasteiger partial charge in [0, 0.05) is 19.1 Å². The average molecular weight is 399 g/mol. The summed E-state index contributed by atoms with van der Waals surface area (Å²) >= 11 is 0. The first kappa shape index (κ1) is 21.6. The lowest BCUT2D eigenvalue weighted by Crippen LogP contribution is -2.35. The molecule has 2 aromatic rings. The molecule has 0 fully saturated rings. The molecule has 1 aliphatic rings. The molecule has 2 aromatic carbocycles. The number of fused-ring (bicyclic) bond motifs is 1. The maximum absolute atomic E-state index is 10.3. The van der Waals surface area contributed by atoms with E-state index in [1.165, 1.54) is 11.1 Å². The third-order valence-electron chi connectivity index (χ3n) is 5.67. The Labute approximate surface area is 174 Å². The first-order valence-corrected chi connectivity index (χ1v) is 10.6. The smallest absolute Gasteiger partial charge is 0.161 e. The highest BCUT2D eigenvalue weighted by atomic mass is 16.5. The number of ether oxygens (including phenoxy) is 2. The number of benzene rings is 2. The number of hydrogen-bond donors (Lipinski definition) is 2. The Kier molecular flexibility index (Phi) is 7.92. The molecule has 1 atom stereocenters. The van der Waals surface area contributed by atoms with Gasteiger partial charge < -0.3 is 24.8 Å². The van der Waals surface area contributed by atoms with Crippen molar-refractivity contribution in [3.05, 3.63) is 59.2 Å². The van der Waals surface area contributed by atoms with E-state index in [9.17, 15) is 5.11 Å². The predicted molar refractivity (Wildman–Crippen MR) is 117 cm³/mol. The van der Waals surface area contributed by atoms with Crippen LogP contribution in [0.4, 0.5) is 0 Å². The van der Waals surface area contributed by atoms with Crippen LogP contribution in [0.15, 0.2) is 42.5 Å².